The number of likely N-dealkylation sites (tertiary alicyclic amines) is 1. The lowest BCUT2D eigenvalue weighted by Gasteiger charge is -2.30. The highest BCUT2D eigenvalue weighted by atomic mass is 79.9. The van der Waals surface area contributed by atoms with Crippen LogP contribution in [0.5, 0.6) is 11.5 Å². The molecule has 19 heavy (non-hydrogen) atoms. The normalized spacial score (nSPS) is 17.5. The minimum atomic E-state index is 0.357. The molecule has 1 aromatic rings. The Labute approximate surface area is 123 Å². The third kappa shape index (κ3) is 3.61. The second-order valence-electron chi connectivity index (χ2n) is 4.91. The standard InChI is InChI=1S/C14H21BrN2O2/c1-18-13-8-11(15)7-10(14(13)19-2)9-17-5-3-12(16)4-6-17/h7-8,12H,3-6,9,16H2,1-2H3. The van der Waals surface area contributed by atoms with Gasteiger partial charge in [0.15, 0.2) is 11.5 Å². The topological polar surface area (TPSA) is 47.7 Å². The molecule has 1 saturated heterocycles. The van der Waals surface area contributed by atoms with E-state index in [1.54, 1.807) is 14.2 Å². The number of ether oxygens (including phenoxy) is 2. The SMILES string of the molecule is COc1cc(Br)cc(CN2CCC(N)CC2)c1OC. The second kappa shape index (κ2) is 6.59. The van der Waals surface area contributed by atoms with Gasteiger partial charge in [-0.2, -0.15) is 0 Å². The molecule has 2 N–H and O–H groups in total. The lowest BCUT2D eigenvalue weighted by atomic mass is 10.0. The highest BCUT2D eigenvalue weighted by molar-refractivity contribution is 9.10. The van der Waals surface area contributed by atoms with E-state index in [2.05, 4.69) is 26.9 Å². The van der Waals surface area contributed by atoms with Crippen LogP contribution in [0.25, 0.3) is 0 Å². The van der Waals surface area contributed by atoms with Crippen LogP contribution in [0.15, 0.2) is 16.6 Å². The number of hydrogen-bond donors (Lipinski definition) is 1. The minimum Gasteiger partial charge on any atom is -0.493 e. The average Bonchev–Trinajstić information content (AvgIpc) is 2.40. The summed E-state index contributed by atoms with van der Waals surface area (Å²) >= 11 is 3.52. The first kappa shape index (κ1) is 14.6. The van der Waals surface area contributed by atoms with Crippen molar-refractivity contribution < 1.29 is 9.47 Å². The fourth-order valence-electron chi connectivity index (χ4n) is 2.48. The van der Waals surface area contributed by atoms with E-state index < -0.39 is 0 Å². The molecule has 0 bridgehead atoms. The monoisotopic (exact) mass is 328 g/mol. The van der Waals surface area contributed by atoms with Gasteiger partial charge in [0.25, 0.3) is 0 Å². The Morgan fingerprint density at radius 3 is 2.53 bits per heavy atom. The van der Waals surface area contributed by atoms with Crippen molar-refractivity contribution >= 4 is 15.9 Å². The number of nitrogens with zero attached hydrogens (tertiary/aromatic N) is 1. The molecule has 0 unspecified atom stereocenters. The zero-order valence-corrected chi connectivity index (χ0v) is 13.1. The predicted octanol–water partition coefficient (Wildman–Crippen LogP) is 2.39. The third-order valence-corrected chi connectivity index (χ3v) is 4.00. The van der Waals surface area contributed by atoms with Gasteiger partial charge in [-0.05, 0) is 38.1 Å². The first-order valence-electron chi connectivity index (χ1n) is 6.52. The van der Waals surface area contributed by atoms with E-state index in [0.717, 1.165) is 54.0 Å². The molecule has 0 atom stereocenters. The van der Waals surface area contributed by atoms with Crippen LogP contribution in [0, 0.1) is 0 Å². The summed E-state index contributed by atoms with van der Waals surface area (Å²) in [7, 11) is 3.34. The highest BCUT2D eigenvalue weighted by Crippen LogP contribution is 2.35. The molecule has 0 amide bonds. The summed E-state index contributed by atoms with van der Waals surface area (Å²) < 4.78 is 11.9. The van der Waals surface area contributed by atoms with Crippen LogP contribution >= 0.6 is 15.9 Å². The highest BCUT2D eigenvalue weighted by Gasteiger charge is 2.19. The minimum absolute atomic E-state index is 0.357. The molecule has 0 radical (unpaired) electrons. The lowest BCUT2D eigenvalue weighted by Crippen LogP contribution is -2.39. The van der Waals surface area contributed by atoms with E-state index >= 15 is 0 Å². The summed E-state index contributed by atoms with van der Waals surface area (Å²) in [4.78, 5) is 2.41. The fraction of sp³-hybridized carbons (Fsp3) is 0.571. The number of piperidine rings is 1. The van der Waals surface area contributed by atoms with Crippen LogP contribution in [-0.4, -0.2) is 38.3 Å². The van der Waals surface area contributed by atoms with Crippen molar-refractivity contribution in [3.63, 3.8) is 0 Å². The van der Waals surface area contributed by atoms with Gasteiger partial charge in [0.1, 0.15) is 0 Å². The van der Waals surface area contributed by atoms with Crippen molar-refractivity contribution in [2.45, 2.75) is 25.4 Å². The Hall–Kier alpha value is -0.780. The van der Waals surface area contributed by atoms with Crippen molar-refractivity contribution in [2.24, 2.45) is 5.73 Å². The van der Waals surface area contributed by atoms with E-state index in [1.165, 1.54) is 0 Å². The van der Waals surface area contributed by atoms with Gasteiger partial charge < -0.3 is 15.2 Å². The smallest absolute Gasteiger partial charge is 0.165 e. The van der Waals surface area contributed by atoms with Gasteiger partial charge in [-0.15, -0.1) is 0 Å². The van der Waals surface area contributed by atoms with Crippen molar-refractivity contribution in [3.8, 4) is 11.5 Å². The number of hydrogen-bond acceptors (Lipinski definition) is 4. The van der Waals surface area contributed by atoms with Gasteiger partial charge in [-0.1, -0.05) is 15.9 Å². The summed E-state index contributed by atoms with van der Waals surface area (Å²) in [6.07, 6.45) is 2.13. The largest absolute Gasteiger partial charge is 0.493 e. The molecule has 0 spiro atoms. The van der Waals surface area contributed by atoms with Crippen LogP contribution in [-0.2, 0) is 6.54 Å². The van der Waals surface area contributed by atoms with Crippen LogP contribution in [0.3, 0.4) is 0 Å². The van der Waals surface area contributed by atoms with E-state index in [9.17, 15) is 0 Å². The van der Waals surface area contributed by atoms with Gasteiger partial charge in [-0.25, -0.2) is 0 Å². The van der Waals surface area contributed by atoms with Crippen molar-refractivity contribution in [2.75, 3.05) is 27.3 Å². The Kier molecular flexibility index (Phi) is 5.07. The molecule has 106 valence electrons. The molecular formula is C14H21BrN2O2. The maximum Gasteiger partial charge on any atom is 0.165 e. The van der Waals surface area contributed by atoms with E-state index in [-0.39, 0.29) is 0 Å². The Balaban J connectivity index is 2.17. The quantitative estimate of drug-likeness (QED) is 0.921. The third-order valence-electron chi connectivity index (χ3n) is 3.55. The molecule has 1 aliphatic rings. The summed E-state index contributed by atoms with van der Waals surface area (Å²) in [5.74, 6) is 1.58. The summed E-state index contributed by atoms with van der Waals surface area (Å²) in [6, 6.07) is 4.37. The molecular weight excluding hydrogens is 308 g/mol. The second-order valence-corrected chi connectivity index (χ2v) is 5.83. The Morgan fingerprint density at radius 2 is 1.95 bits per heavy atom. The molecule has 2 rings (SSSR count). The molecule has 1 aromatic carbocycles. The first-order chi connectivity index (χ1) is 9.13. The van der Waals surface area contributed by atoms with Gasteiger partial charge in [0.05, 0.1) is 14.2 Å². The zero-order chi connectivity index (χ0) is 13.8. The number of rotatable bonds is 4. The average molecular weight is 329 g/mol. The maximum atomic E-state index is 5.94. The molecule has 5 heteroatoms. The predicted molar refractivity (Wildman–Crippen MR) is 79.7 cm³/mol. The summed E-state index contributed by atoms with van der Waals surface area (Å²) in [6.45, 7) is 2.95. The van der Waals surface area contributed by atoms with Crippen molar-refractivity contribution in [1.29, 1.82) is 0 Å². The molecule has 0 aromatic heterocycles. The van der Waals surface area contributed by atoms with Crippen molar-refractivity contribution in [3.05, 3.63) is 22.2 Å². The summed E-state index contributed by atoms with van der Waals surface area (Å²) in [5.41, 5.74) is 7.08. The Bertz CT molecular complexity index is 432. The maximum absolute atomic E-state index is 5.94. The summed E-state index contributed by atoms with van der Waals surface area (Å²) in [5, 5.41) is 0. The van der Waals surface area contributed by atoms with Crippen molar-refractivity contribution in [1.82, 2.24) is 4.90 Å². The zero-order valence-electron chi connectivity index (χ0n) is 11.5. The lowest BCUT2D eigenvalue weighted by molar-refractivity contribution is 0.202. The number of benzene rings is 1. The molecule has 1 heterocycles. The van der Waals surface area contributed by atoms with Crippen LogP contribution < -0.4 is 15.2 Å². The van der Waals surface area contributed by atoms with Gasteiger partial charge >= 0.3 is 0 Å². The van der Waals surface area contributed by atoms with Crippen LogP contribution in [0.2, 0.25) is 0 Å². The number of nitrogens with two attached hydrogens (primary N) is 1. The molecule has 4 nitrogen and oxygen atoms in total. The fourth-order valence-corrected chi connectivity index (χ4v) is 2.96. The van der Waals surface area contributed by atoms with E-state index in [4.69, 9.17) is 15.2 Å². The molecule has 1 fully saturated rings. The number of halogens is 1. The van der Waals surface area contributed by atoms with Crippen LogP contribution in [0.1, 0.15) is 18.4 Å². The first-order valence-corrected chi connectivity index (χ1v) is 7.31. The van der Waals surface area contributed by atoms with E-state index in [1.807, 2.05) is 6.07 Å². The van der Waals surface area contributed by atoms with Gasteiger partial charge in [-0.3, -0.25) is 4.90 Å². The number of methoxy groups -OCH3 is 2. The van der Waals surface area contributed by atoms with Gasteiger partial charge in [0, 0.05) is 22.6 Å². The Morgan fingerprint density at radius 1 is 1.26 bits per heavy atom. The molecule has 1 aliphatic heterocycles. The molecule has 0 saturated carbocycles. The van der Waals surface area contributed by atoms with Crippen LogP contribution in [0.4, 0.5) is 0 Å². The van der Waals surface area contributed by atoms with Gasteiger partial charge in [0.2, 0.25) is 0 Å². The van der Waals surface area contributed by atoms with E-state index in [0.29, 0.717) is 6.04 Å². The molecule has 0 aliphatic carbocycles.